The van der Waals surface area contributed by atoms with Crippen molar-refractivity contribution in [2.24, 2.45) is 0 Å². The van der Waals surface area contributed by atoms with Crippen LogP contribution in [0, 0.1) is 11.3 Å². The van der Waals surface area contributed by atoms with Gasteiger partial charge in [-0.1, -0.05) is 6.07 Å². The highest BCUT2D eigenvalue weighted by Crippen LogP contribution is 2.25. The van der Waals surface area contributed by atoms with E-state index in [-0.39, 0.29) is 0 Å². The number of nitrogens with one attached hydrogen (secondary N) is 1. The van der Waals surface area contributed by atoms with Crippen molar-refractivity contribution in [3.63, 3.8) is 0 Å². The molecular formula is C14H13N3O. The molecule has 0 unspecified atom stereocenters. The number of rotatable bonds is 4. The van der Waals surface area contributed by atoms with Crippen molar-refractivity contribution in [1.29, 1.82) is 5.26 Å². The number of hydrogen-bond donors (Lipinski definition) is 1. The average molecular weight is 239 g/mol. The fourth-order valence-corrected chi connectivity index (χ4v) is 1.60. The summed E-state index contributed by atoms with van der Waals surface area (Å²) in [4.78, 5) is 4.23. The second-order valence-corrected chi connectivity index (χ2v) is 3.70. The van der Waals surface area contributed by atoms with Gasteiger partial charge < -0.3 is 10.1 Å². The van der Waals surface area contributed by atoms with Crippen molar-refractivity contribution in [3.05, 3.63) is 53.9 Å². The summed E-state index contributed by atoms with van der Waals surface area (Å²) in [6.45, 7) is 0.614. The second kappa shape index (κ2) is 5.69. The highest BCUT2D eigenvalue weighted by Gasteiger charge is 2.04. The van der Waals surface area contributed by atoms with Gasteiger partial charge in [0.1, 0.15) is 5.75 Å². The monoisotopic (exact) mass is 239 g/mol. The Balaban J connectivity index is 2.12. The van der Waals surface area contributed by atoms with E-state index < -0.39 is 0 Å². The zero-order valence-corrected chi connectivity index (χ0v) is 10.1. The number of benzene rings is 1. The number of aromatic nitrogens is 1. The maximum absolute atomic E-state index is 8.82. The van der Waals surface area contributed by atoms with Crippen LogP contribution in [0.15, 0.2) is 42.6 Å². The number of methoxy groups -OCH3 is 1. The van der Waals surface area contributed by atoms with Gasteiger partial charge >= 0.3 is 0 Å². The quantitative estimate of drug-likeness (QED) is 0.890. The van der Waals surface area contributed by atoms with Crippen LogP contribution >= 0.6 is 0 Å². The summed E-state index contributed by atoms with van der Waals surface area (Å²) in [5.41, 5.74) is 2.38. The Morgan fingerprint density at radius 1 is 1.33 bits per heavy atom. The van der Waals surface area contributed by atoms with E-state index in [4.69, 9.17) is 10.00 Å². The number of nitrogens with zero attached hydrogens (tertiary/aromatic N) is 2. The first-order valence-corrected chi connectivity index (χ1v) is 5.55. The number of hydrogen-bond acceptors (Lipinski definition) is 4. The van der Waals surface area contributed by atoms with Crippen LogP contribution in [0.3, 0.4) is 0 Å². The first-order chi connectivity index (χ1) is 8.83. The van der Waals surface area contributed by atoms with Crippen molar-refractivity contribution in [1.82, 2.24) is 4.98 Å². The molecule has 0 bridgehead atoms. The molecule has 1 aromatic heterocycles. The topological polar surface area (TPSA) is 57.9 Å². The maximum Gasteiger partial charge on any atom is 0.143 e. The van der Waals surface area contributed by atoms with Crippen molar-refractivity contribution in [3.8, 4) is 11.8 Å². The van der Waals surface area contributed by atoms with Crippen LogP contribution in [0.5, 0.6) is 5.75 Å². The van der Waals surface area contributed by atoms with Gasteiger partial charge in [0, 0.05) is 12.3 Å². The molecule has 0 saturated carbocycles. The van der Waals surface area contributed by atoms with Crippen LogP contribution in [0.1, 0.15) is 11.3 Å². The first-order valence-electron chi connectivity index (χ1n) is 5.55. The van der Waals surface area contributed by atoms with E-state index in [1.165, 1.54) is 0 Å². The summed E-state index contributed by atoms with van der Waals surface area (Å²) in [7, 11) is 1.59. The summed E-state index contributed by atoms with van der Waals surface area (Å²) < 4.78 is 5.24. The van der Waals surface area contributed by atoms with E-state index in [0.717, 1.165) is 11.4 Å². The third kappa shape index (κ3) is 2.77. The van der Waals surface area contributed by atoms with Gasteiger partial charge in [0.15, 0.2) is 0 Å². The van der Waals surface area contributed by atoms with Crippen LogP contribution in [-0.2, 0) is 6.54 Å². The lowest BCUT2D eigenvalue weighted by Gasteiger charge is -2.10. The summed E-state index contributed by atoms with van der Waals surface area (Å²) in [5.74, 6) is 0.657. The van der Waals surface area contributed by atoms with E-state index in [1.54, 1.807) is 25.4 Å². The lowest BCUT2D eigenvalue weighted by atomic mass is 10.2. The van der Waals surface area contributed by atoms with E-state index >= 15 is 0 Å². The molecule has 0 fully saturated rings. The predicted molar refractivity (Wildman–Crippen MR) is 69.3 cm³/mol. The van der Waals surface area contributed by atoms with Gasteiger partial charge in [-0.3, -0.25) is 4.98 Å². The van der Waals surface area contributed by atoms with E-state index in [1.807, 2.05) is 24.3 Å². The molecule has 2 aromatic rings. The molecular weight excluding hydrogens is 226 g/mol. The number of anilines is 1. The summed E-state index contributed by atoms with van der Waals surface area (Å²) in [6, 6.07) is 13.2. The van der Waals surface area contributed by atoms with Gasteiger partial charge in [-0.15, -0.1) is 0 Å². The molecule has 4 nitrogen and oxygen atoms in total. The standard InChI is InChI=1S/C14H13N3O/c1-18-14-8-11(9-15)5-6-13(14)17-10-12-4-2-3-7-16-12/h2-8,17H,10H2,1H3. The van der Waals surface area contributed by atoms with Crippen molar-refractivity contribution < 1.29 is 4.74 Å². The Bertz CT molecular complexity index is 561. The Morgan fingerprint density at radius 3 is 2.89 bits per heavy atom. The largest absolute Gasteiger partial charge is 0.495 e. The predicted octanol–water partition coefficient (Wildman–Crippen LogP) is 2.57. The number of pyridine rings is 1. The summed E-state index contributed by atoms with van der Waals surface area (Å²) in [6.07, 6.45) is 1.76. The lowest BCUT2D eigenvalue weighted by Crippen LogP contribution is -2.02. The Hall–Kier alpha value is -2.54. The molecule has 0 amide bonds. The van der Waals surface area contributed by atoms with E-state index in [9.17, 15) is 0 Å². The van der Waals surface area contributed by atoms with Gasteiger partial charge in [-0.2, -0.15) is 5.26 Å². The Labute approximate surface area is 106 Å². The third-order valence-corrected chi connectivity index (χ3v) is 2.52. The summed E-state index contributed by atoms with van der Waals surface area (Å²) in [5, 5.41) is 12.1. The first kappa shape index (κ1) is 11.9. The minimum absolute atomic E-state index is 0.579. The van der Waals surface area contributed by atoms with Gasteiger partial charge in [0.2, 0.25) is 0 Å². The molecule has 18 heavy (non-hydrogen) atoms. The van der Waals surface area contributed by atoms with E-state index in [2.05, 4.69) is 16.4 Å². The van der Waals surface area contributed by atoms with Crippen LogP contribution < -0.4 is 10.1 Å². The molecule has 1 aromatic carbocycles. The Morgan fingerprint density at radius 2 is 2.22 bits per heavy atom. The number of ether oxygens (including phenoxy) is 1. The molecule has 1 N–H and O–H groups in total. The molecule has 0 aliphatic carbocycles. The fourth-order valence-electron chi connectivity index (χ4n) is 1.60. The zero-order chi connectivity index (χ0) is 12.8. The Kier molecular flexibility index (Phi) is 3.77. The molecule has 0 atom stereocenters. The maximum atomic E-state index is 8.82. The number of nitriles is 1. The highest BCUT2D eigenvalue weighted by atomic mass is 16.5. The van der Waals surface area contributed by atoms with Gasteiger partial charge in [0.25, 0.3) is 0 Å². The van der Waals surface area contributed by atoms with Crippen molar-refractivity contribution in [2.45, 2.75) is 6.54 Å². The normalized spacial score (nSPS) is 9.56. The second-order valence-electron chi connectivity index (χ2n) is 3.70. The van der Waals surface area contributed by atoms with Crippen LogP contribution in [-0.4, -0.2) is 12.1 Å². The average Bonchev–Trinajstić information content (AvgIpc) is 2.46. The lowest BCUT2D eigenvalue weighted by molar-refractivity contribution is 0.416. The SMILES string of the molecule is COc1cc(C#N)ccc1NCc1ccccn1. The van der Waals surface area contributed by atoms with Gasteiger partial charge in [-0.25, -0.2) is 0 Å². The fraction of sp³-hybridized carbons (Fsp3) is 0.143. The van der Waals surface area contributed by atoms with Crippen LogP contribution in [0.2, 0.25) is 0 Å². The zero-order valence-electron chi connectivity index (χ0n) is 10.1. The van der Waals surface area contributed by atoms with Crippen LogP contribution in [0.25, 0.3) is 0 Å². The molecule has 0 radical (unpaired) electrons. The molecule has 0 aliphatic rings. The minimum Gasteiger partial charge on any atom is -0.495 e. The van der Waals surface area contributed by atoms with E-state index in [0.29, 0.717) is 17.9 Å². The van der Waals surface area contributed by atoms with Gasteiger partial charge in [0.05, 0.1) is 36.7 Å². The highest BCUT2D eigenvalue weighted by molar-refractivity contribution is 5.59. The van der Waals surface area contributed by atoms with Crippen molar-refractivity contribution >= 4 is 5.69 Å². The van der Waals surface area contributed by atoms with Crippen LogP contribution in [0.4, 0.5) is 5.69 Å². The molecule has 1 heterocycles. The molecule has 0 spiro atoms. The molecule has 2 rings (SSSR count). The van der Waals surface area contributed by atoms with Gasteiger partial charge in [-0.05, 0) is 24.3 Å². The molecule has 90 valence electrons. The third-order valence-electron chi connectivity index (χ3n) is 2.52. The molecule has 0 saturated heterocycles. The molecule has 4 heteroatoms. The van der Waals surface area contributed by atoms with Crippen molar-refractivity contribution in [2.75, 3.05) is 12.4 Å². The summed E-state index contributed by atoms with van der Waals surface area (Å²) >= 11 is 0. The smallest absolute Gasteiger partial charge is 0.143 e. The molecule has 0 aliphatic heterocycles. The minimum atomic E-state index is 0.579.